The van der Waals surface area contributed by atoms with Gasteiger partial charge < -0.3 is 24.4 Å². The highest BCUT2D eigenvalue weighted by Crippen LogP contribution is 2.40. The molecule has 1 amide bonds. The molecule has 2 aromatic carbocycles. The lowest BCUT2D eigenvalue weighted by molar-refractivity contribution is -0.141. The quantitative estimate of drug-likeness (QED) is 0.373. The number of hydrogen-bond donors (Lipinski definition) is 1. The van der Waals surface area contributed by atoms with Crippen LogP contribution in [0.4, 0.5) is 5.69 Å². The lowest BCUT2D eigenvalue weighted by Gasteiger charge is -2.40. The number of amidine groups is 1. The number of methoxy groups -OCH3 is 1. The largest absolute Gasteiger partial charge is 0.484 e. The zero-order chi connectivity index (χ0) is 25.5. The lowest BCUT2D eigenvalue weighted by atomic mass is 9.94. The Morgan fingerprint density at radius 3 is 2.61 bits per heavy atom. The van der Waals surface area contributed by atoms with Gasteiger partial charge in [0, 0.05) is 30.1 Å². The molecule has 1 fully saturated rings. The molecular formula is C26H28ClN3O5S. The Kier molecular flexibility index (Phi) is 8.90. The summed E-state index contributed by atoms with van der Waals surface area (Å²) >= 11 is 7.56. The molecule has 0 aromatic heterocycles. The number of amides is 1. The fourth-order valence-corrected chi connectivity index (χ4v) is 5.14. The number of aliphatic imine (C=N–C) groups is 1. The molecule has 1 saturated heterocycles. The molecule has 0 bridgehead atoms. The van der Waals surface area contributed by atoms with Gasteiger partial charge in [-0.1, -0.05) is 35.5 Å². The maximum absolute atomic E-state index is 13.0. The normalized spacial score (nSPS) is 17.2. The van der Waals surface area contributed by atoms with E-state index in [-0.39, 0.29) is 25.2 Å². The number of esters is 1. The van der Waals surface area contributed by atoms with Crippen LogP contribution in [0.25, 0.3) is 0 Å². The van der Waals surface area contributed by atoms with Crippen molar-refractivity contribution in [3.05, 3.63) is 70.4 Å². The van der Waals surface area contributed by atoms with Gasteiger partial charge in [-0.25, -0.2) is 9.79 Å². The summed E-state index contributed by atoms with van der Waals surface area (Å²) in [5.41, 5.74) is 2.72. The van der Waals surface area contributed by atoms with E-state index in [1.165, 1.54) is 0 Å². The average molecular weight is 530 g/mol. The zero-order valence-electron chi connectivity index (χ0n) is 20.2. The smallest absolute Gasteiger partial charge is 0.338 e. The van der Waals surface area contributed by atoms with E-state index in [1.54, 1.807) is 43.1 Å². The van der Waals surface area contributed by atoms with Gasteiger partial charge >= 0.3 is 5.97 Å². The maximum Gasteiger partial charge on any atom is 0.338 e. The van der Waals surface area contributed by atoms with Crippen LogP contribution >= 0.6 is 23.4 Å². The van der Waals surface area contributed by atoms with Gasteiger partial charge in [-0.3, -0.25) is 4.79 Å². The number of allylic oxidation sites excluding steroid dienone is 1. The standard InChI is InChI=1S/C26H28ClN3O5S/c1-17-23(25(32)34-14-13-33-2)24(30-12-3-15-36-26(30)28-17)18-4-8-20(9-5-18)29-22(31)16-35-21-10-6-19(27)7-11-21/h4-11,24H,3,12-16H2,1-2H3,(H,29,31). The van der Waals surface area contributed by atoms with Crippen molar-refractivity contribution >= 4 is 46.1 Å². The third-order valence-corrected chi connectivity index (χ3v) is 7.02. The van der Waals surface area contributed by atoms with Crippen molar-refractivity contribution < 1.29 is 23.8 Å². The SMILES string of the molecule is COCCOC(=O)C1=C(C)N=C2SCCCN2C1c1ccc(NC(=O)COc2ccc(Cl)cc2)cc1. The molecule has 2 heterocycles. The van der Waals surface area contributed by atoms with E-state index in [9.17, 15) is 9.59 Å². The molecule has 36 heavy (non-hydrogen) atoms. The molecule has 190 valence electrons. The van der Waals surface area contributed by atoms with E-state index in [0.29, 0.717) is 34.3 Å². The third-order valence-electron chi connectivity index (χ3n) is 5.69. The number of benzene rings is 2. The van der Waals surface area contributed by atoms with Crippen LogP contribution in [0.3, 0.4) is 0 Å². The summed E-state index contributed by atoms with van der Waals surface area (Å²) in [6.07, 6.45) is 0.993. The van der Waals surface area contributed by atoms with Crippen molar-refractivity contribution in [1.29, 1.82) is 0 Å². The number of thioether (sulfide) groups is 1. The Morgan fingerprint density at radius 2 is 1.89 bits per heavy atom. The summed E-state index contributed by atoms with van der Waals surface area (Å²) in [6.45, 7) is 3.00. The second-order valence-electron chi connectivity index (χ2n) is 8.23. The van der Waals surface area contributed by atoms with Crippen molar-refractivity contribution in [1.82, 2.24) is 4.90 Å². The van der Waals surface area contributed by atoms with Gasteiger partial charge in [-0.15, -0.1) is 0 Å². The first-order chi connectivity index (χ1) is 17.5. The molecule has 8 nitrogen and oxygen atoms in total. The average Bonchev–Trinajstić information content (AvgIpc) is 2.88. The van der Waals surface area contributed by atoms with Crippen LogP contribution in [0.1, 0.15) is 24.9 Å². The Hall–Kier alpha value is -3.01. The summed E-state index contributed by atoms with van der Waals surface area (Å²) < 4.78 is 16.0. The monoisotopic (exact) mass is 529 g/mol. The van der Waals surface area contributed by atoms with Crippen LogP contribution in [-0.4, -0.2) is 61.2 Å². The van der Waals surface area contributed by atoms with Gasteiger partial charge in [0.1, 0.15) is 12.4 Å². The summed E-state index contributed by atoms with van der Waals surface area (Å²) in [7, 11) is 1.56. The molecule has 2 aromatic rings. The van der Waals surface area contributed by atoms with Gasteiger partial charge in [0.15, 0.2) is 11.8 Å². The molecule has 1 unspecified atom stereocenters. The van der Waals surface area contributed by atoms with Crippen LogP contribution in [0.15, 0.2) is 64.8 Å². The minimum absolute atomic E-state index is 0.129. The highest BCUT2D eigenvalue weighted by atomic mass is 35.5. The summed E-state index contributed by atoms with van der Waals surface area (Å²) in [5, 5.41) is 4.35. The Bertz CT molecular complexity index is 1150. The molecule has 0 radical (unpaired) electrons. The highest BCUT2D eigenvalue weighted by molar-refractivity contribution is 8.13. The van der Waals surface area contributed by atoms with Crippen molar-refractivity contribution in [2.45, 2.75) is 19.4 Å². The van der Waals surface area contributed by atoms with E-state index in [2.05, 4.69) is 10.2 Å². The van der Waals surface area contributed by atoms with Crippen LogP contribution in [0.2, 0.25) is 5.02 Å². The fourth-order valence-electron chi connectivity index (χ4n) is 4.00. The van der Waals surface area contributed by atoms with Crippen LogP contribution in [0, 0.1) is 0 Å². The molecule has 1 atom stereocenters. The van der Waals surface area contributed by atoms with Crippen molar-refractivity contribution in [2.24, 2.45) is 4.99 Å². The second kappa shape index (κ2) is 12.3. The van der Waals surface area contributed by atoms with Gasteiger partial charge in [0.05, 0.1) is 23.9 Å². The Morgan fingerprint density at radius 1 is 1.14 bits per heavy atom. The minimum atomic E-state index is -0.398. The number of fused-ring (bicyclic) bond motifs is 1. The summed E-state index contributed by atoms with van der Waals surface area (Å²) in [5.74, 6) is 0.873. The first-order valence-electron chi connectivity index (χ1n) is 11.6. The van der Waals surface area contributed by atoms with Crippen LogP contribution in [-0.2, 0) is 19.1 Å². The number of carbonyl (C=O) groups excluding carboxylic acids is 2. The van der Waals surface area contributed by atoms with Crippen molar-refractivity contribution in [2.75, 3.05) is 44.5 Å². The van der Waals surface area contributed by atoms with Gasteiger partial charge in [-0.2, -0.15) is 0 Å². The number of halogens is 1. The summed E-state index contributed by atoms with van der Waals surface area (Å²) in [6, 6.07) is 14.0. The Balaban J connectivity index is 1.47. The van der Waals surface area contributed by atoms with E-state index in [4.69, 9.17) is 30.8 Å². The lowest BCUT2D eigenvalue weighted by Crippen LogP contribution is -2.42. The van der Waals surface area contributed by atoms with E-state index in [0.717, 1.165) is 29.4 Å². The fraction of sp³-hybridized carbons (Fsp3) is 0.346. The molecule has 10 heteroatoms. The number of carbonyl (C=O) groups is 2. The number of ether oxygens (including phenoxy) is 3. The Labute approximate surface area is 219 Å². The molecule has 0 aliphatic carbocycles. The van der Waals surface area contributed by atoms with E-state index in [1.807, 2.05) is 31.2 Å². The van der Waals surface area contributed by atoms with Crippen molar-refractivity contribution in [3.8, 4) is 5.75 Å². The topological polar surface area (TPSA) is 89.5 Å². The first kappa shape index (κ1) is 26.1. The second-order valence-corrected chi connectivity index (χ2v) is 9.73. The molecule has 0 spiro atoms. The minimum Gasteiger partial charge on any atom is -0.484 e. The molecule has 2 aliphatic rings. The number of nitrogens with one attached hydrogen (secondary N) is 1. The van der Waals surface area contributed by atoms with E-state index < -0.39 is 5.97 Å². The molecule has 1 N–H and O–H groups in total. The van der Waals surface area contributed by atoms with Gasteiger partial charge in [-0.05, 0) is 55.3 Å². The summed E-state index contributed by atoms with van der Waals surface area (Å²) in [4.78, 5) is 32.3. The molecule has 4 rings (SSSR count). The van der Waals surface area contributed by atoms with Gasteiger partial charge in [0.25, 0.3) is 5.91 Å². The molecular weight excluding hydrogens is 502 g/mol. The number of rotatable bonds is 9. The van der Waals surface area contributed by atoms with E-state index >= 15 is 0 Å². The predicted octanol–water partition coefficient (Wildman–Crippen LogP) is 4.67. The molecule has 0 saturated carbocycles. The van der Waals surface area contributed by atoms with Gasteiger partial charge in [0.2, 0.25) is 0 Å². The predicted molar refractivity (Wildman–Crippen MR) is 142 cm³/mol. The zero-order valence-corrected chi connectivity index (χ0v) is 21.7. The van der Waals surface area contributed by atoms with Crippen molar-refractivity contribution in [3.63, 3.8) is 0 Å². The first-order valence-corrected chi connectivity index (χ1v) is 13.0. The number of nitrogens with zero attached hydrogens (tertiary/aromatic N) is 2. The van der Waals surface area contributed by atoms with Crippen LogP contribution < -0.4 is 10.1 Å². The van der Waals surface area contributed by atoms with Crippen LogP contribution in [0.5, 0.6) is 5.75 Å². The number of anilines is 1. The third kappa shape index (κ3) is 6.40. The number of hydrogen-bond acceptors (Lipinski definition) is 8. The maximum atomic E-state index is 13.0. The highest BCUT2D eigenvalue weighted by Gasteiger charge is 2.37. The molecule has 2 aliphatic heterocycles.